The highest BCUT2D eigenvalue weighted by molar-refractivity contribution is 9.10. The number of fused-ring (bicyclic) bond motifs is 1. The van der Waals surface area contributed by atoms with Crippen LogP contribution in [0, 0.1) is 6.92 Å². The first kappa shape index (κ1) is 17.2. The Hall–Kier alpha value is -1.60. The zero-order valence-electron chi connectivity index (χ0n) is 13.5. The maximum Gasteiger partial charge on any atom is 0.254 e. The van der Waals surface area contributed by atoms with Crippen molar-refractivity contribution < 1.29 is 4.79 Å². The molecule has 2 heterocycles. The second-order valence-corrected chi connectivity index (χ2v) is 7.67. The number of hydrogen-bond acceptors (Lipinski definition) is 4. The van der Waals surface area contributed by atoms with Crippen LogP contribution in [0.25, 0.3) is 0 Å². The number of hydrogen-bond donors (Lipinski definition) is 1. The first-order chi connectivity index (χ1) is 11.5. The number of aryl methyl sites for hydroxylation is 2. The minimum absolute atomic E-state index is 0.0699. The summed E-state index contributed by atoms with van der Waals surface area (Å²) in [7, 11) is 0. The molecule has 0 saturated heterocycles. The molecule has 1 atom stereocenters. The Bertz CT molecular complexity index is 850. The van der Waals surface area contributed by atoms with Gasteiger partial charge in [-0.15, -0.1) is 0 Å². The Labute approximate surface area is 153 Å². The van der Waals surface area contributed by atoms with E-state index >= 15 is 0 Å². The van der Waals surface area contributed by atoms with E-state index in [2.05, 4.69) is 26.2 Å². The van der Waals surface area contributed by atoms with Gasteiger partial charge in [-0.1, -0.05) is 34.6 Å². The number of halogens is 1. The molecule has 1 aliphatic rings. The number of aromatic nitrogens is 2. The molecule has 5 nitrogen and oxygen atoms in total. The van der Waals surface area contributed by atoms with Crippen molar-refractivity contribution in [1.82, 2.24) is 9.55 Å². The third-order valence-corrected chi connectivity index (χ3v) is 5.58. The predicted molar refractivity (Wildman–Crippen MR) is 99.8 cm³/mol. The lowest BCUT2D eigenvalue weighted by molar-refractivity contribution is -0.116. The van der Waals surface area contributed by atoms with Gasteiger partial charge in [0.25, 0.3) is 5.56 Å². The Kier molecular flexibility index (Phi) is 5.10. The summed E-state index contributed by atoms with van der Waals surface area (Å²) in [6.45, 7) is 3.92. The van der Waals surface area contributed by atoms with Crippen LogP contribution >= 0.6 is 27.7 Å². The van der Waals surface area contributed by atoms with Crippen molar-refractivity contribution in [2.45, 2.75) is 37.9 Å². The number of carbonyl (C=O) groups excluding carboxylic acids is 1. The van der Waals surface area contributed by atoms with Crippen LogP contribution in [0.4, 0.5) is 5.69 Å². The van der Waals surface area contributed by atoms with E-state index in [-0.39, 0.29) is 23.9 Å². The van der Waals surface area contributed by atoms with Gasteiger partial charge in [0.05, 0.1) is 6.04 Å². The number of anilines is 1. The quantitative estimate of drug-likeness (QED) is 0.786. The van der Waals surface area contributed by atoms with Gasteiger partial charge in [-0.3, -0.25) is 14.2 Å². The average molecular weight is 408 g/mol. The average Bonchev–Trinajstić information content (AvgIpc) is 2.93. The first-order valence-electron chi connectivity index (χ1n) is 7.79. The number of rotatable bonds is 4. The normalized spacial score (nSPS) is 16.0. The lowest BCUT2D eigenvalue weighted by atomic mass is 10.1. The monoisotopic (exact) mass is 407 g/mol. The highest BCUT2D eigenvalue weighted by Gasteiger charge is 2.27. The highest BCUT2D eigenvalue weighted by atomic mass is 79.9. The van der Waals surface area contributed by atoms with E-state index in [1.54, 1.807) is 10.6 Å². The third kappa shape index (κ3) is 3.57. The molecule has 7 heteroatoms. The summed E-state index contributed by atoms with van der Waals surface area (Å²) in [5.41, 5.74) is 2.51. The van der Waals surface area contributed by atoms with Gasteiger partial charge < -0.3 is 5.32 Å². The molecule has 0 radical (unpaired) electrons. The maximum atomic E-state index is 12.4. The molecule has 0 saturated carbocycles. The number of nitrogens with one attached hydrogen (secondary N) is 1. The molecule has 1 aliphatic heterocycles. The molecule has 126 valence electrons. The molecule has 1 aromatic heterocycles. The van der Waals surface area contributed by atoms with E-state index in [1.807, 2.05) is 32.0 Å². The van der Waals surface area contributed by atoms with E-state index < -0.39 is 0 Å². The molecular formula is C17H18BrN3O2S. The summed E-state index contributed by atoms with van der Waals surface area (Å²) >= 11 is 4.95. The second-order valence-electron chi connectivity index (χ2n) is 5.77. The summed E-state index contributed by atoms with van der Waals surface area (Å²) in [4.78, 5) is 29.2. The molecular weight excluding hydrogens is 390 g/mol. The van der Waals surface area contributed by atoms with E-state index in [4.69, 9.17) is 0 Å². The summed E-state index contributed by atoms with van der Waals surface area (Å²) in [5.74, 6) is 0.604. The van der Waals surface area contributed by atoms with Gasteiger partial charge in [0, 0.05) is 34.1 Å². The van der Waals surface area contributed by atoms with Crippen LogP contribution in [-0.2, 0) is 11.2 Å². The zero-order valence-corrected chi connectivity index (χ0v) is 15.9. The summed E-state index contributed by atoms with van der Waals surface area (Å²) in [6, 6.07) is 7.14. The Morgan fingerprint density at radius 3 is 2.96 bits per heavy atom. The number of amides is 1. The van der Waals surface area contributed by atoms with Crippen LogP contribution in [0.2, 0.25) is 0 Å². The van der Waals surface area contributed by atoms with Crippen molar-refractivity contribution in [1.29, 1.82) is 0 Å². The van der Waals surface area contributed by atoms with Crippen molar-refractivity contribution in [3.8, 4) is 0 Å². The number of benzene rings is 1. The van der Waals surface area contributed by atoms with Crippen molar-refractivity contribution in [3.05, 3.63) is 50.3 Å². The van der Waals surface area contributed by atoms with Crippen molar-refractivity contribution in [2.75, 3.05) is 11.1 Å². The standard InChI is InChI=1S/C17H18BrN3O2S/c1-3-12-7-16(23)21-13(9-24-17(21)19-12)8-15(22)20-14-5-4-11(18)6-10(14)2/h4-7,13H,3,8-9H2,1-2H3,(H,20,22). The SMILES string of the molecule is CCc1cc(=O)n2c(n1)SCC2CC(=O)Nc1ccc(Br)cc1C. The molecule has 3 rings (SSSR count). The first-order valence-corrected chi connectivity index (χ1v) is 9.57. The van der Waals surface area contributed by atoms with Gasteiger partial charge in [-0.2, -0.15) is 0 Å². The topological polar surface area (TPSA) is 64.0 Å². The molecule has 0 aliphatic carbocycles. The van der Waals surface area contributed by atoms with Crippen LogP contribution in [0.5, 0.6) is 0 Å². The van der Waals surface area contributed by atoms with E-state index in [9.17, 15) is 9.59 Å². The summed E-state index contributed by atoms with van der Waals surface area (Å²) < 4.78 is 2.63. The van der Waals surface area contributed by atoms with E-state index in [1.165, 1.54) is 11.8 Å². The van der Waals surface area contributed by atoms with Gasteiger partial charge in [-0.05, 0) is 37.1 Å². The lowest BCUT2D eigenvalue weighted by Crippen LogP contribution is -2.27. The largest absolute Gasteiger partial charge is 0.326 e. The molecule has 0 bridgehead atoms. The third-order valence-electron chi connectivity index (χ3n) is 3.99. The molecule has 2 aromatic rings. The predicted octanol–water partition coefficient (Wildman–Crippen LogP) is 3.55. The van der Waals surface area contributed by atoms with Crippen LogP contribution in [0.3, 0.4) is 0 Å². The van der Waals surface area contributed by atoms with Gasteiger partial charge in [0.2, 0.25) is 5.91 Å². The van der Waals surface area contributed by atoms with Crippen LogP contribution in [-0.4, -0.2) is 21.2 Å². The van der Waals surface area contributed by atoms with Gasteiger partial charge in [0.1, 0.15) is 0 Å². The fourth-order valence-electron chi connectivity index (χ4n) is 2.71. The van der Waals surface area contributed by atoms with E-state index in [0.29, 0.717) is 5.75 Å². The van der Waals surface area contributed by atoms with E-state index in [0.717, 1.165) is 33.0 Å². The second kappa shape index (κ2) is 7.11. The smallest absolute Gasteiger partial charge is 0.254 e. The fourth-order valence-corrected chi connectivity index (χ4v) is 4.36. The van der Waals surface area contributed by atoms with Crippen molar-refractivity contribution >= 4 is 39.3 Å². The van der Waals surface area contributed by atoms with Crippen molar-refractivity contribution in [3.63, 3.8) is 0 Å². The van der Waals surface area contributed by atoms with Gasteiger partial charge in [0.15, 0.2) is 5.16 Å². The maximum absolute atomic E-state index is 12.4. The molecule has 0 fully saturated rings. The summed E-state index contributed by atoms with van der Waals surface area (Å²) in [6.07, 6.45) is 1.00. The van der Waals surface area contributed by atoms with Crippen molar-refractivity contribution in [2.24, 2.45) is 0 Å². The summed E-state index contributed by atoms with van der Waals surface area (Å²) in [5, 5.41) is 3.65. The Balaban J connectivity index is 1.74. The van der Waals surface area contributed by atoms with Gasteiger partial charge in [-0.25, -0.2) is 4.98 Å². The molecule has 1 amide bonds. The van der Waals surface area contributed by atoms with Crippen LogP contribution in [0.15, 0.2) is 38.7 Å². The van der Waals surface area contributed by atoms with Crippen LogP contribution < -0.4 is 10.9 Å². The molecule has 24 heavy (non-hydrogen) atoms. The Morgan fingerprint density at radius 1 is 1.46 bits per heavy atom. The number of thioether (sulfide) groups is 1. The minimum Gasteiger partial charge on any atom is -0.326 e. The molecule has 1 N–H and O–H groups in total. The molecule has 1 aromatic carbocycles. The number of carbonyl (C=O) groups is 1. The fraction of sp³-hybridized carbons (Fsp3) is 0.353. The molecule has 0 spiro atoms. The highest BCUT2D eigenvalue weighted by Crippen LogP contribution is 2.32. The number of nitrogens with zero attached hydrogens (tertiary/aromatic N) is 2. The lowest BCUT2D eigenvalue weighted by Gasteiger charge is -2.14. The van der Waals surface area contributed by atoms with Gasteiger partial charge >= 0.3 is 0 Å². The zero-order chi connectivity index (χ0) is 17.3. The Morgan fingerprint density at radius 2 is 2.25 bits per heavy atom. The minimum atomic E-state index is -0.147. The van der Waals surface area contributed by atoms with Crippen LogP contribution in [0.1, 0.15) is 30.6 Å². The molecule has 1 unspecified atom stereocenters.